The van der Waals surface area contributed by atoms with Crippen LogP contribution in [-0.4, -0.2) is 22.4 Å². The molecule has 8 heteroatoms. The Balaban J connectivity index is 1.44. The third-order valence-corrected chi connectivity index (χ3v) is 5.83. The van der Waals surface area contributed by atoms with Crippen molar-refractivity contribution in [3.8, 4) is 5.88 Å². The summed E-state index contributed by atoms with van der Waals surface area (Å²) in [6.07, 6.45) is 2.21. The monoisotopic (exact) mass is 472 g/mol. The Hall–Kier alpha value is -4.33. The summed E-state index contributed by atoms with van der Waals surface area (Å²) in [5.41, 5.74) is 2.89. The molecule has 0 aliphatic carbocycles. The van der Waals surface area contributed by atoms with Crippen molar-refractivity contribution in [3.63, 3.8) is 0 Å². The van der Waals surface area contributed by atoms with Gasteiger partial charge in [-0.05, 0) is 35.7 Å². The molecule has 0 saturated heterocycles. The molecule has 1 aliphatic heterocycles. The zero-order chi connectivity index (χ0) is 24.2. The standard InChI is InChI=1S/C27H22F2N4O2/c28-22-10-6-11-23(29)21(22)17-35-26-20(25(34)30-15-18-7-2-1-3-8-18)16-31-27(32-26)33-14-13-19-9-4-5-12-24(19)33/h1-12,16H,13-15,17H2,(H,30,34). The molecule has 35 heavy (non-hydrogen) atoms. The van der Waals surface area contributed by atoms with Crippen molar-refractivity contribution in [3.05, 3.63) is 113 Å². The van der Waals surface area contributed by atoms with Crippen LogP contribution in [0.25, 0.3) is 0 Å². The Kier molecular flexibility index (Phi) is 6.34. The Labute approximate surface area is 201 Å². The van der Waals surface area contributed by atoms with E-state index in [9.17, 15) is 13.6 Å². The second kappa shape index (κ2) is 9.89. The smallest absolute Gasteiger partial charge is 0.258 e. The lowest BCUT2D eigenvalue weighted by Gasteiger charge is -2.19. The summed E-state index contributed by atoms with van der Waals surface area (Å²) in [4.78, 5) is 23.8. The lowest BCUT2D eigenvalue weighted by Crippen LogP contribution is -2.25. The number of carbonyl (C=O) groups is 1. The van der Waals surface area contributed by atoms with Crippen LogP contribution < -0.4 is 15.0 Å². The second-order valence-electron chi connectivity index (χ2n) is 8.08. The number of para-hydroxylation sites is 1. The van der Waals surface area contributed by atoms with E-state index in [1.807, 2.05) is 59.5 Å². The number of fused-ring (bicyclic) bond motifs is 1. The molecule has 1 aromatic heterocycles. The molecular weight excluding hydrogens is 450 g/mol. The van der Waals surface area contributed by atoms with Crippen molar-refractivity contribution in [2.45, 2.75) is 19.6 Å². The predicted octanol–water partition coefficient (Wildman–Crippen LogP) is 4.96. The average Bonchev–Trinajstić information content (AvgIpc) is 3.32. The van der Waals surface area contributed by atoms with Gasteiger partial charge >= 0.3 is 0 Å². The number of aromatic nitrogens is 2. The van der Waals surface area contributed by atoms with Crippen LogP contribution in [0.15, 0.2) is 79.0 Å². The molecule has 0 bridgehead atoms. The third-order valence-electron chi connectivity index (χ3n) is 5.83. The van der Waals surface area contributed by atoms with E-state index in [0.29, 0.717) is 19.0 Å². The highest BCUT2D eigenvalue weighted by Gasteiger charge is 2.25. The number of hydrogen-bond donors (Lipinski definition) is 1. The van der Waals surface area contributed by atoms with Gasteiger partial charge in [-0.25, -0.2) is 13.8 Å². The Morgan fingerprint density at radius 1 is 0.971 bits per heavy atom. The molecule has 0 atom stereocenters. The number of amides is 1. The number of carbonyl (C=O) groups excluding carboxylic acids is 1. The fourth-order valence-electron chi connectivity index (χ4n) is 3.98. The summed E-state index contributed by atoms with van der Waals surface area (Å²) in [5, 5.41) is 2.82. The van der Waals surface area contributed by atoms with Crippen molar-refractivity contribution in [2.75, 3.05) is 11.4 Å². The van der Waals surface area contributed by atoms with Gasteiger partial charge in [0, 0.05) is 25.0 Å². The minimum Gasteiger partial charge on any atom is -0.472 e. The number of anilines is 2. The summed E-state index contributed by atoms with van der Waals surface area (Å²) < 4.78 is 34.1. The van der Waals surface area contributed by atoms with Gasteiger partial charge in [0.1, 0.15) is 23.8 Å². The molecule has 0 spiro atoms. The highest BCUT2D eigenvalue weighted by Crippen LogP contribution is 2.33. The van der Waals surface area contributed by atoms with Crippen LogP contribution in [0.1, 0.15) is 27.0 Å². The van der Waals surface area contributed by atoms with Crippen LogP contribution >= 0.6 is 0 Å². The van der Waals surface area contributed by atoms with Crippen molar-refractivity contribution in [1.29, 1.82) is 0 Å². The number of nitrogens with one attached hydrogen (secondary N) is 1. The van der Waals surface area contributed by atoms with Gasteiger partial charge in [0.25, 0.3) is 5.91 Å². The summed E-state index contributed by atoms with van der Waals surface area (Å²) >= 11 is 0. The van der Waals surface area contributed by atoms with Gasteiger partial charge in [-0.15, -0.1) is 0 Å². The van der Waals surface area contributed by atoms with Crippen LogP contribution in [0, 0.1) is 11.6 Å². The fourth-order valence-corrected chi connectivity index (χ4v) is 3.98. The van der Waals surface area contributed by atoms with E-state index >= 15 is 0 Å². The van der Waals surface area contributed by atoms with Gasteiger partial charge < -0.3 is 15.0 Å². The molecule has 1 amide bonds. The van der Waals surface area contributed by atoms with E-state index < -0.39 is 24.1 Å². The minimum absolute atomic E-state index is 0.0485. The molecule has 6 nitrogen and oxygen atoms in total. The zero-order valence-electron chi connectivity index (χ0n) is 18.7. The van der Waals surface area contributed by atoms with Crippen molar-refractivity contribution < 1.29 is 18.3 Å². The van der Waals surface area contributed by atoms with Gasteiger partial charge in [0.2, 0.25) is 11.8 Å². The van der Waals surface area contributed by atoms with Crippen LogP contribution in [-0.2, 0) is 19.6 Å². The van der Waals surface area contributed by atoms with E-state index in [4.69, 9.17) is 4.74 Å². The maximum absolute atomic E-state index is 14.2. The molecule has 1 aliphatic rings. The first kappa shape index (κ1) is 22.5. The molecule has 5 rings (SSSR count). The van der Waals surface area contributed by atoms with Gasteiger partial charge in [0.05, 0.1) is 5.56 Å². The predicted molar refractivity (Wildman–Crippen MR) is 127 cm³/mol. The van der Waals surface area contributed by atoms with Crippen LogP contribution in [0.5, 0.6) is 5.88 Å². The normalized spacial score (nSPS) is 12.3. The lowest BCUT2D eigenvalue weighted by atomic mass is 10.2. The Morgan fingerprint density at radius 2 is 1.71 bits per heavy atom. The van der Waals surface area contributed by atoms with E-state index in [-0.39, 0.29) is 17.0 Å². The molecule has 0 saturated carbocycles. The van der Waals surface area contributed by atoms with Gasteiger partial charge in [0.15, 0.2) is 0 Å². The molecular formula is C27H22F2N4O2. The Morgan fingerprint density at radius 3 is 2.51 bits per heavy atom. The molecule has 4 aromatic rings. The number of benzene rings is 3. The van der Waals surface area contributed by atoms with E-state index in [1.165, 1.54) is 12.3 Å². The van der Waals surface area contributed by atoms with Crippen LogP contribution in [0.4, 0.5) is 20.4 Å². The molecule has 2 heterocycles. The largest absolute Gasteiger partial charge is 0.472 e. The van der Waals surface area contributed by atoms with Gasteiger partial charge in [-0.1, -0.05) is 54.6 Å². The first-order chi connectivity index (χ1) is 17.1. The Bertz CT molecular complexity index is 1340. The minimum atomic E-state index is -0.733. The quantitative estimate of drug-likeness (QED) is 0.412. The maximum Gasteiger partial charge on any atom is 0.258 e. The molecule has 0 fully saturated rings. The molecule has 3 aromatic carbocycles. The van der Waals surface area contributed by atoms with Gasteiger partial charge in [-0.3, -0.25) is 4.79 Å². The zero-order valence-corrected chi connectivity index (χ0v) is 18.7. The van der Waals surface area contributed by atoms with Crippen LogP contribution in [0.3, 0.4) is 0 Å². The SMILES string of the molecule is O=C(NCc1ccccc1)c1cnc(N2CCc3ccccc32)nc1OCc1c(F)cccc1F. The van der Waals surface area contributed by atoms with E-state index in [1.54, 1.807) is 0 Å². The molecule has 1 N–H and O–H groups in total. The van der Waals surface area contributed by atoms with E-state index in [0.717, 1.165) is 35.4 Å². The third kappa shape index (κ3) is 4.82. The first-order valence-corrected chi connectivity index (χ1v) is 11.2. The van der Waals surface area contributed by atoms with Crippen molar-refractivity contribution in [1.82, 2.24) is 15.3 Å². The summed E-state index contributed by atoms with van der Waals surface area (Å²) in [6, 6.07) is 20.9. The topological polar surface area (TPSA) is 67.4 Å². The number of rotatable bonds is 7. The van der Waals surface area contributed by atoms with Gasteiger partial charge in [-0.2, -0.15) is 4.98 Å². The van der Waals surface area contributed by atoms with E-state index in [2.05, 4.69) is 15.3 Å². The first-order valence-electron chi connectivity index (χ1n) is 11.2. The fraction of sp³-hybridized carbons (Fsp3) is 0.148. The molecule has 0 unspecified atom stereocenters. The lowest BCUT2D eigenvalue weighted by molar-refractivity contribution is 0.0945. The number of halogens is 2. The molecule has 0 radical (unpaired) electrons. The number of nitrogens with zero attached hydrogens (tertiary/aromatic N) is 3. The number of ether oxygens (including phenoxy) is 1. The maximum atomic E-state index is 14.2. The van der Waals surface area contributed by atoms with Crippen molar-refractivity contribution in [2.24, 2.45) is 0 Å². The highest BCUT2D eigenvalue weighted by atomic mass is 19.1. The summed E-state index contributed by atoms with van der Waals surface area (Å²) in [5.74, 6) is -1.62. The summed E-state index contributed by atoms with van der Waals surface area (Å²) in [7, 11) is 0. The van der Waals surface area contributed by atoms with Crippen LogP contribution in [0.2, 0.25) is 0 Å². The van der Waals surface area contributed by atoms with Crippen molar-refractivity contribution >= 4 is 17.5 Å². The summed E-state index contributed by atoms with van der Waals surface area (Å²) in [6.45, 7) is 0.535. The molecule has 176 valence electrons. The average molecular weight is 472 g/mol. The highest BCUT2D eigenvalue weighted by molar-refractivity contribution is 5.96. The second-order valence-corrected chi connectivity index (χ2v) is 8.08. The number of hydrogen-bond acceptors (Lipinski definition) is 5.